The van der Waals surface area contributed by atoms with Gasteiger partial charge in [-0.3, -0.25) is 0 Å². The lowest BCUT2D eigenvalue weighted by molar-refractivity contribution is 0.189. The van der Waals surface area contributed by atoms with Crippen LogP contribution in [-0.4, -0.2) is 20.9 Å². The minimum Gasteiger partial charge on any atom is -0.385 e. The predicted octanol–water partition coefficient (Wildman–Crippen LogP) is 2.32. The standard InChI is InChI=1S/C6H16OSi.ClH/c1-5-7-6-8(2,3)4;/h5-6H2,1-4H3;1H. The van der Waals surface area contributed by atoms with Gasteiger partial charge in [0.1, 0.15) is 0 Å². The Morgan fingerprint density at radius 1 is 1.22 bits per heavy atom. The summed E-state index contributed by atoms with van der Waals surface area (Å²) in [7, 11) is -0.900. The van der Waals surface area contributed by atoms with E-state index in [1.54, 1.807) is 0 Å². The zero-order valence-electron chi connectivity index (χ0n) is 6.73. The number of halogens is 1. The molecule has 0 unspecified atom stereocenters. The van der Waals surface area contributed by atoms with Crippen molar-refractivity contribution in [2.45, 2.75) is 26.6 Å². The zero-order valence-corrected chi connectivity index (χ0v) is 8.55. The molecule has 0 rings (SSSR count). The minimum absolute atomic E-state index is 0. The summed E-state index contributed by atoms with van der Waals surface area (Å²) >= 11 is 0. The van der Waals surface area contributed by atoms with Crippen molar-refractivity contribution < 1.29 is 4.74 Å². The summed E-state index contributed by atoms with van der Waals surface area (Å²) in [4.78, 5) is 0. The first kappa shape index (κ1) is 12.2. The molecule has 0 N–H and O–H groups in total. The molecule has 58 valence electrons. The van der Waals surface area contributed by atoms with Crippen LogP contribution in [0.2, 0.25) is 19.6 Å². The van der Waals surface area contributed by atoms with Gasteiger partial charge < -0.3 is 4.74 Å². The van der Waals surface area contributed by atoms with Gasteiger partial charge in [-0.2, -0.15) is 0 Å². The van der Waals surface area contributed by atoms with Gasteiger partial charge in [0.2, 0.25) is 0 Å². The van der Waals surface area contributed by atoms with Crippen LogP contribution in [0.4, 0.5) is 0 Å². The third kappa shape index (κ3) is 11.8. The highest BCUT2D eigenvalue weighted by molar-refractivity contribution is 6.76. The molecule has 0 aromatic rings. The molecule has 0 spiro atoms. The van der Waals surface area contributed by atoms with Crippen molar-refractivity contribution in [1.29, 1.82) is 0 Å². The largest absolute Gasteiger partial charge is 0.385 e. The molecule has 0 amide bonds. The highest BCUT2D eigenvalue weighted by Gasteiger charge is 2.11. The fourth-order valence-electron chi connectivity index (χ4n) is 0.408. The molecular formula is C6H17ClOSi. The van der Waals surface area contributed by atoms with Gasteiger partial charge in [0, 0.05) is 12.8 Å². The van der Waals surface area contributed by atoms with E-state index < -0.39 is 8.07 Å². The summed E-state index contributed by atoms with van der Waals surface area (Å²) in [6.07, 6.45) is 1.00. The highest BCUT2D eigenvalue weighted by Crippen LogP contribution is 1.99. The van der Waals surface area contributed by atoms with Crippen LogP contribution < -0.4 is 0 Å². The predicted molar refractivity (Wildman–Crippen MR) is 47.1 cm³/mol. The first-order chi connectivity index (χ1) is 3.56. The van der Waals surface area contributed by atoms with Gasteiger partial charge in [0.15, 0.2) is 0 Å². The van der Waals surface area contributed by atoms with Gasteiger partial charge in [0.25, 0.3) is 0 Å². The second-order valence-corrected chi connectivity index (χ2v) is 8.61. The number of rotatable bonds is 3. The molecule has 0 aliphatic heterocycles. The van der Waals surface area contributed by atoms with E-state index >= 15 is 0 Å². The Bertz CT molecular complexity index is 60.6. The maximum atomic E-state index is 5.26. The fourth-order valence-corrected chi connectivity index (χ4v) is 1.22. The van der Waals surface area contributed by atoms with Gasteiger partial charge >= 0.3 is 0 Å². The van der Waals surface area contributed by atoms with E-state index in [4.69, 9.17) is 4.74 Å². The van der Waals surface area contributed by atoms with Crippen LogP contribution in [0.25, 0.3) is 0 Å². The Labute approximate surface area is 65.2 Å². The van der Waals surface area contributed by atoms with Gasteiger partial charge in [-0.05, 0) is 6.92 Å². The molecule has 0 aliphatic rings. The molecule has 9 heavy (non-hydrogen) atoms. The molecule has 0 atom stereocenters. The van der Waals surface area contributed by atoms with E-state index in [9.17, 15) is 0 Å². The summed E-state index contributed by atoms with van der Waals surface area (Å²) < 4.78 is 5.26. The van der Waals surface area contributed by atoms with Crippen molar-refractivity contribution in [2.75, 3.05) is 12.8 Å². The first-order valence-corrected chi connectivity index (χ1v) is 6.85. The Kier molecular flexibility index (Phi) is 7.12. The van der Waals surface area contributed by atoms with E-state index in [0.717, 1.165) is 12.8 Å². The monoisotopic (exact) mass is 168 g/mol. The van der Waals surface area contributed by atoms with Gasteiger partial charge in [-0.15, -0.1) is 12.4 Å². The van der Waals surface area contributed by atoms with E-state index in [1.165, 1.54) is 0 Å². The van der Waals surface area contributed by atoms with E-state index in [-0.39, 0.29) is 12.4 Å². The van der Waals surface area contributed by atoms with Crippen LogP contribution in [-0.2, 0) is 4.74 Å². The quantitative estimate of drug-likeness (QED) is 0.588. The SMILES string of the molecule is CCOC[Si](C)(C)C.Cl. The van der Waals surface area contributed by atoms with Crippen LogP contribution >= 0.6 is 12.4 Å². The summed E-state index contributed by atoms with van der Waals surface area (Å²) in [5, 5.41) is 0. The molecule has 1 nitrogen and oxygen atoms in total. The topological polar surface area (TPSA) is 9.23 Å². The van der Waals surface area contributed by atoms with E-state index in [2.05, 4.69) is 19.6 Å². The molecule has 3 heteroatoms. The lowest BCUT2D eigenvalue weighted by Gasteiger charge is -2.13. The van der Waals surface area contributed by atoms with Crippen LogP contribution in [0.15, 0.2) is 0 Å². The van der Waals surface area contributed by atoms with Gasteiger partial charge in [-0.1, -0.05) is 19.6 Å². The smallest absolute Gasteiger partial charge is 0.0746 e. The van der Waals surface area contributed by atoms with Crippen molar-refractivity contribution in [3.05, 3.63) is 0 Å². The molecule has 0 saturated heterocycles. The van der Waals surface area contributed by atoms with Crippen LogP contribution in [0, 0.1) is 0 Å². The van der Waals surface area contributed by atoms with Crippen LogP contribution in [0.5, 0.6) is 0 Å². The zero-order chi connectivity index (χ0) is 6.62. The van der Waals surface area contributed by atoms with Crippen molar-refractivity contribution in [1.82, 2.24) is 0 Å². The molecule has 0 aromatic carbocycles. The average Bonchev–Trinajstić information content (AvgIpc) is 1.59. The lowest BCUT2D eigenvalue weighted by Crippen LogP contribution is -2.27. The molecule has 0 aromatic heterocycles. The molecular weight excluding hydrogens is 152 g/mol. The lowest BCUT2D eigenvalue weighted by atomic mass is 10.9. The number of hydrogen-bond donors (Lipinski definition) is 0. The van der Waals surface area contributed by atoms with Crippen molar-refractivity contribution in [3.8, 4) is 0 Å². The second kappa shape index (κ2) is 5.27. The van der Waals surface area contributed by atoms with Crippen LogP contribution in [0.3, 0.4) is 0 Å². The molecule has 0 fully saturated rings. The Morgan fingerprint density at radius 2 is 1.67 bits per heavy atom. The maximum absolute atomic E-state index is 5.26. The summed E-state index contributed by atoms with van der Waals surface area (Å²) in [5.74, 6) is 0. The summed E-state index contributed by atoms with van der Waals surface area (Å²) in [5.41, 5.74) is 0. The fraction of sp³-hybridized carbons (Fsp3) is 1.00. The Morgan fingerprint density at radius 3 is 1.78 bits per heavy atom. The summed E-state index contributed by atoms with van der Waals surface area (Å²) in [6.45, 7) is 9.83. The van der Waals surface area contributed by atoms with Crippen molar-refractivity contribution in [2.24, 2.45) is 0 Å². The van der Waals surface area contributed by atoms with E-state index in [1.807, 2.05) is 6.92 Å². The maximum Gasteiger partial charge on any atom is 0.0746 e. The van der Waals surface area contributed by atoms with Crippen LogP contribution in [0.1, 0.15) is 6.92 Å². The third-order valence-corrected chi connectivity index (χ3v) is 1.81. The average molecular weight is 169 g/mol. The first-order valence-electron chi connectivity index (χ1n) is 3.14. The molecule has 0 heterocycles. The molecule has 0 bridgehead atoms. The van der Waals surface area contributed by atoms with Gasteiger partial charge in [-0.25, -0.2) is 0 Å². The third-order valence-electron chi connectivity index (χ3n) is 0.739. The number of hydrogen-bond acceptors (Lipinski definition) is 1. The normalized spacial score (nSPS) is 10.7. The Balaban J connectivity index is 0. The number of ether oxygens (including phenoxy) is 1. The Hall–Kier alpha value is 0.467. The second-order valence-electron chi connectivity index (χ2n) is 3.20. The van der Waals surface area contributed by atoms with E-state index in [0.29, 0.717) is 0 Å². The highest BCUT2D eigenvalue weighted by atomic mass is 35.5. The molecule has 0 saturated carbocycles. The summed E-state index contributed by atoms with van der Waals surface area (Å²) in [6, 6.07) is 0. The minimum atomic E-state index is -0.900. The molecule has 0 radical (unpaired) electrons. The van der Waals surface area contributed by atoms with Gasteiger partial charge in [0.05, 0.1) is 8.07 Å². The molecule has 0 aliphatic carbocycles. The van der Waals surface area contributed by atoms with Crippen molar-refractivity contribution in [3.63, 3.8) is 0 Å². The van der Waals surface area contributed by atoms with Crippen molar-refractivity contribution >= 4 is 20.5 Å².